The van der Waals surface area contributed by atoms with Gasteiger partial charge in [-0.2, -0.15) is 5.10 Å². The monoisotopic (exact) mass is 338 g/mol. The third-order valence-corrected chi connectivity index (χ3v) is 4.31. The van der Waals surface area contributed by atoms with E-state index in [9.17, 15) is 4.79 Å². The van der Waals surface area contributed by atoms with Gasteiger partial charge in [0.15, 0.2) is 5.11 Å². The number of hydrogen-bond acceptors (Lipinski definition) is 5. The number of aromatic nitrogens is 2. The van der Waals surface area contributed by atoms with Gasteiger partial charge in [0, 0.05) is 11.4 Å². The molecule has 2 heterocycles. The molecular formula is C14H18N4O2S2. The Morgan fingerprint density at radius 3 is 2.77 bits per heavy atom. The normalized spacial score (nSPS) is 10.4. The lowest BCUT2D eigenvalue weighted by molar-refractivity contribution is 0.0602. The van der Waals surface area contributed by atoms with E-state index in [0.29, 0.717) is 15.7 Å². The number of anilines is 2. The van der Waals surface area contributed by atoms with Gasteiger partial charge >= 0.3 is 5.97 Å². The number of carbonyl (C=O) groups is 1. The molecule has 0 saturated heterocycles. The van der Waals surface area contributed by atoms with Gasteiger partial charge in [0.1, 0.15) is 5.00 Å². The molecule has 8 heteroatoms. The van der Waals surface area contributed by atoms with E-state index >= 15 is 0 Å². The number of hydrogen-bond donors (Lipinski definition) is 2. The quantitative estimate of drug-likeness (QED) is 0.659. The van der Waals surface area contributed by atoms with Gasteiger partial charge in [-0.05, 0) is 39.1 Å². The lowest BCUT2D eigenvalue weighted by Crippen LogP contribution is -2.20. The van der Waals surface area contributed by atoms with Crippen molar-refractivity contribution in [3.63, 3.8) is 0 Å². The third-order valence-electron chi connectivity index (χ3n) is 3.14. The van der Waals surface area contributed by atoms with Gasteiger partial charge in [-0.25, -0.2) is 4.79 Å². The molecule has 22 heavy (non-hydrogen) atoms. The van der Waals surface area contributed by atoms with Crippen molar-refractivity contribution < 1.29 is 9.53 Å². The SMILES string of the molecule is CCn1ncc(NC(=S)Nc2sc(C)cc2C(=O)OC)c1C. The molecule has 0 fully saturated rings. The smallest absolute Gasteiger partial charge is 0.340 e. The van der Waals surface area contributed by atoms with Gasteiger partial charge in [0.25, 0.3) is 0 Å². The fourth-order valence-corrected chi connectivity index (χ4v) is 3.19. The number of methoxy groups -OCH3 is 1. The summed E-state index contributed by atoms with van der Waals surface area (Å²) in [6, 6.07) is 1.78. The van der Waals surface area contributed by atoms with Crippen molar-refractivity contribution in [1.29, 1.82) is 0 Å². The maximum atomic E-state index is 11.8. The molecule has 118 valence electrons. The molecule has 0 aliphatic heterocycles. The predicted molar refractivity (Wildman–Crippen MR) is 92.9 cm³/mol. The number of thiophene rings is 1. The maximum Gasteiger partial charge on any atom is 0.340 e. The number of rotatable bonds is 4. The second-order valence-electron chi connectivity index (χ2n) is 4.63. The highest BCUT2D eigenvalue weighted by Gasteiger charge is 2.16. The highest BCUT2D eigenvalue weighted by atomic mass is 32.1. The van der Waals surface area contributed by atoms with Crippen LogP contribution in [-0.4, -0.2) is 28.0 Å². The van der Waals surface area contributed by atoms with Gasteiger partial charge in [0.05, 0.1) is 30.3 Å². The fraction of sp³-hybridized carbons (Fsp3) is 0.357. The summed E-state index contributed by atoms with van der Waals surface area (Å²) in [5.74, 6) is -0.385. The standard InChI is InChI=1S/C14H18N4O2S2/c1-5-18-9(3)11(7-15-18)16-14(21)17-12-10(13(19)20-4)6-8(2)22-12/h6-7H,5H2,1-4H3,(H2,16,17,21). The first-order valence-electron chi connectivity index (χ1n) is 6.75. The Morgan fingerprint density at radius 1 is 1.45 bits per heavy atom. The van der Waals surface area contributed by atoms with Crippen molar-refractivity contribution in [3.8, 4) is 0 Å². The minimum absolute atomic E-state index is 0.385. The van der Waals surface area contributed by atoms with Crippen molar-refractivity contribution in [2.75, 3.05) is 17.7 Å². The summed E-state index contributed by atoms with van der Waals surface area (Å²) in [4.78, 5) is 12.8. The lowest BCUT2D eigenvalue weighted by atomic mass is 10.3. The predicted octanol–water partition coefficient (Wildman–Crippen LogP) is 3.18. The van der Waals surface area contributed by atoms with Crippen LogP contribution in [0, 0.1) is 13.8 Å². The molecule has 0 saturated carbocycles. The lowest BCUT2D eigenvalue weighted by Gasteiger charge is -2.10. The third kappa shape index (κ3) is 3.45. The molecule has 0 aliphatic carbocycles. The van der Waals surface area contributed by atoms with Gasteiger partial charge in [0.2, 0.25) is 0 Å². The van der Waals surface area contributed by atoms with Crippen LogP contribution in [0.25, 0.3) is 0 Å². The summed E-state index contributed by atoms with van der Waals surface area (Å²) in [6.45, 7) is 6.71. The summed E-state index contributed by atoms with van der Waals surface area (Å²) in [5, 5.41) is 11.5. The molecule has 0 spiro atoms. The van der Waals surface area contributed by atoms with Gasteiger partial charge in [-0.3, -0.25) is 4.68 Å². The van der Waals surface area contributed by atoms with Crippen molar-refractivity contribution in [3.05, 3.63) is 28.4 Å². The Labute approximate surface area is 138 Å². The van der Waals surface area contributed by atoms with Crippen molar-refractivity contribution in [2.24, 2.45) is 0 Å². The first kappa shape index (κ1) is 16.4. The van der Waals surface area contributed by atoms with Crippen LogP contribution in [0.2, 0.25) is 0 Å². The Morgan fingerprint density at radius 2 is 2.18 bits per heavy atom. The van der Waals surface area contributed by atoms with Crippen LogP contribution in [0.1, 0.15) is 27.9 Å². The topological polar surface area (TPSA) is 68.2 Å². The van der Waals surface area contributed by atoms with Crippen LogP contribution in [0.3, 0.4) is 0 Å². The Balaban J connectivity index is 2.12. The van der Waals surface area contributed by atoms with Crippen LogP contribution in [0.5, 0.6) is 0 Å². The van der Waals surface area contributed by atoms with Crippen LogP contribution in [0.4, 0.5) is 10.7 Å². The maximum absolute atomic E-state index is 11.8. The van der Waals surface area contributed by atoms with E-state index in [2.05, 4.69) is 15.7 Å². The molecule has 2 rings (SSSR count). The number of nitrogens with one attached hydrogen (secondary N) is 2. The van der Waals surface area contributed by atoms with E-state index in [1.807, 2.05) is 25.5 Å². The summed E-state index contributed by atoms with van der Waals surface area (Å²) in [7, 11) is 1.36. The zero-order valence-corrected chi connectivity index (χ0v) is 14.5. The molecular weight excluding hydrogens is 320 g/mol. The highest BCUT2D eigenvalue weighted by Crippen LogP contribution is 2.28. The minimum atomic E-state index is -0.385. The van der Waals surface area contributed by atoms with Crippen molar-refractivity contribution in [1.82, 2.24) is 9.78 Å². The van der Waals surface area contributed by atoms with Crippen LogP contribution in [0.15, 0.2) is 12.3 Å². The Bertz CT molecular complexity index is 706. The van der Waals surface area contributed by atoms with Gasteiger partial charge in [-0.15, -0.1) is 11.3 Å². The highest BCUT2D eigenvalue weighted by molar-refractivity contribution is 7.80. The van der Waals surface area contributed by atoms with Crippen molar-refractivity contribution in [2.45, 2.75) is 27.3 Å². The zero-order chi connectivity index (χ0) is 16.3. The summed E-state index contributed by atoms with van der Waals surface area (Å²) < 4.78 is 6.65. The number of carbonyl (C=O) groups excluding carboxylic acids is 1. The van der Waals surface area contributed by atoms with Gasteiger partial charge < -0.3 is 15.4 Å². The number of ether oxygens (including phenoxy) is 1. The summed E-state index contributed by atoms with van der Waals surface area (Å²) in [5.41, 5.74) is 2.32. The van der Waals surface area contributed by atoms with Gasteiger partial charge in [-0.1, -0.05) is 0 Å². The summed E-state index contributed by atoms with van der Waals surface area (Å²) >= 11 is 6.76. The molecule has 0 aromatic carbocycles. The van der Waals surface area contributed by atoms with Crippen LogP contribution < -0.4 is 10.6 Å². The Kier molecular flexibility index (Phi) is 5.15. The molecule has 0 radical (unpaired) electrons. The van der Waals surface area contributed by atoms with E-state index in [1.54, 1.807) is 12.3 Å². The van der Waals surface area contributed by atoms with E-state index in [1.165, 1.54) is 18.4 Å². The van der Waals surface area contributed by atoms with Crippen LogP contribution in [-0.2, 0) is 11.3 Å². The first-order chi connectivity index (χ1) is 10.5. The average Bonchev–Trinajstić information content (AvgIpc) is 3.02. The molecule has 0 atom stereocenters. The number of nitrogens with zero attached hydrogens (tertiary/aromatic N) is 2. The Hall–Kier alpha value is -1.93. The molecule has 0 aliphatic rings. The number of thiocarbonyl (C=S) groups is 1. The van der Waals surface area contributed by atoms with Crippen molar-refractivity contribution >= 4 is 45.3 Å². The molecule has 0 amide bonds. The zero-order valence-electron chi connectivity index (χ0n) is 12.9. The summed E-state index contributed by atoms with van der Waals surface area (Å²) in [6.07, 6.45) is 1.73. The minimum Gasteiger partial charge on any atom is -0.465 e. The van der Waals surface area contributed by atoms with Crippen LogP contribution >= 0.6 is 23.6 Å². The second-order valence-corrected chi connectivity index (χ2v) is 6.29. The number of aryl methyl sites for hydroxylation is 2. The van der Waals surface area contributed by atoms with E-state index in [0.717, 1.165) is 22.8 Å². The fourth-order valence-electron chi connectivity index (χ4n) is 2.01. The average molecular weight is 338 g/mol. The van der Waals surface area contributed by atoms with E-state index in [4.69, 9.17) is 17.0 Å². The molecule has 2 aromatic rings. The second kappa shape index (κ2) is 6.89. The molecule has 6 nitrogen and oxygen atoms in total. The molecule has 0 bridgehead atoms. The largest absolute Gasteiger partial charge is 0.465 e. The molecule has 0 unspecified atom stereocenters. The van der Waals surface area contributed by atoms with E-state index < -0.39 is 0 Å². The molecule has 2 aromatic heterocycles. The molecule has 2 N–H and O–H groups in total. The number of esters is 1. The van der Waals surface area contributed by atoms with E-state index in [-0.39, 0.29) is 5.97 Å². The first-order valence-corrected chi connectivity index (χ1v) is 7.97.